The van der Waals surface area contributed by atoms with Crippen LogP contribution in [0, 0.1) is 11.3 Å². The maximum absolute atomic E-state index is 12.8. The molecule has 2 aromatic carbocycles. The number of hydrogen-bond donors (Lipinski definition) is 1. The summed E-state index contributed by atoms with van der Waals surface area (Å²) in [6.07, 6.45) is 0.908. The molecule has 2 amide bonds. The summed E-state index contributed by atoms with van der Waals surface area (Å²) in [4.78, 5) is 26.0. The van der Waals surface area contributed by atoms with Gasteiger partial charge in [-0.1, -0.05) is 43.3 Å². The number of para-hydroxylation sites is 1. The van der Waals surface area contributed by atoms with Crippen LogP contribution >= 0.6 is 11.3 Å². The standard InChI is InChI=1S/C24H17N3O2S/c1-2-11-27-17-9-5-4-8-15(17)20(21-16(13-25)23(28)26-24(21)29)22(27)19-12-14-7-3-6-10-18(14)30-19/h3-10,12H,2,11H2,1H3,(H,26,28,29). The molecule has 0 atom stereocenters. The maximum Gasteiger partial charge on any atom is 0.269 e. The summed E-state index contributed by atoms with van der Waals surface area (Å²) in [7, 11) is 0. The van der Waals surface area contributed by atoms with Crippen molar-refractivity contribution < 1.29 is 9.59 Å². The van der Waals surface area contributed by atoms with Crippen molar-refractivity contribution in [1.82, 2.24) is 9.88 Å². The number of amides is 2. The van der Waals surface area contributed by atoms with Crippen LogP contribution in [0.1, 0.15) is 18.9 Å². The monoisotopic (exact) mass is 411 g/mol. The molecule has 0 bridgehead atoms. The van der Waals surface area contributed by atoms with E-state index >= 15 is 0 Å². The van der Waals surface area contributed by atoms with Gasteiger partial charge >= 0.3 is 0 Å². The molecular weight excluding hydrogens is 394 g/mol. The smallest absolute Gasteiger partial charge is 0.269 e. The highest BCUT2D eigenvalue weighted by atomic mass is 32.1. The molecule has 2 aromatic heterocycles. The van der Waals surface area contributed by atoms with Crippen LogP contribution in [0.4, 0.5) is 0 Å². The second kappa shape index (κ2) is 6.97. The third kappa shape index (κ3) is 2.60. The molecule has 0 radical (unpaired) electrons. The average molecular weight is 411 g/mol. The molecule has 5 nitrogen and oxygen atoms in total. The van der Waals surface area contributed by atoms with Crippen molar-refractivity contribution in [2.24, 2.45) is 0 Å². The minimum atomic E-state index is -0.632. The summed E-state index contributed by atoms with van der Waals surface area (Å²) >= 11 is 1.65. The molecule has 30 heavy (non-hydrogen) atoms. The molecule has 0 spiro atoms. The molecule has 4 aromatic rings. The Kier molecular flexibility index (Phi) is 4.27. The number of aromatic nitrogens is 1. The van der Waals surface area contributed by atoms with Gasteiger partial charge in [-0.25, -0.2) is 0 Å². The lowest BCUT2D eigenvalue weighted by Crippen LogP contribution is -2.22. The lowest BCUT2D eigenvalue weighted by molar-refractivity contribution is -0.123. The van der Waals surface area contributed by atoms with Gasteiger partial charge in [-0.3, -0.25) is 14.9 Å². The summed E-state index contributed by atoms with van der Waals surface area (Å²) in [5, 5.41) is 13.9. The van der Waals surface area contributed by atoms with E-state index in [4.69, 9.17) is 0 Å². The van der Waals surface area contributed by atoms with E-state index in [0.29, 0.717) is 5.56 Å². The van der Waals surface area contributed by atoms with Gasteiger partial charge in [0.2, 0.25) is 0 Å². The fraction of sp³-hybridized carbons (Fsp3) is 0.125. The van der Waals surface area contributed by atoms with Gasteiger partial charge in [0.05, 0.1) is 16.1 Å². The van der Waals surface area contributed by atoms with Crippen molar-refractivity contribution in [3.63, 3.8) is 0 Å². The Hall–Kier alpha value is -3.69. The van der Waals surface area contributed by atoms with Gasteiger partial charge in [0.1, 0.15) is 11.6 Å². The minimum absolute atomic E-state index is 0.123. The van der Waals surface area contributed by atoms with Gasteiger partial charge in [0.15, 0.2) is 0 Å². The summed E-state index contributed by atoms with van der Waals surface area (Å²) in [6.45, 7) is 2.86. The van der Waals surface area contributed by atoms with E-state index < -0.39 is 11.8 Å². The van der Waals surface area contributed by atoms with Crippen LogP contribution in [0.25, 0.3) is 37.1 Å². The number of hydrogen-bond acceptors (Lipinski definition) is 4. The molecule has 146 valence electrons. The van der Waals surface area contributed by atoms with Gasteiger partial charge in [-0.05, 0) is 30.0 Å². The van der Waals surface area contributed by atoms with E-state index in [-0.39, 0.29) is 11.1 Å². The predicted octanol–water partition coefficient (Wildman–Crippen LogP) is 4.87. The molecule has 1 N–H and O–H groups in total. The number of aryl methyl sites for hydroxylation is 1. The first kappa shape index (κ1) is 18.3. The van der Waals surface area contributed by atoms with E-state index in [1.807, 2.05) is 42.5 Å². The molecule has 0 fully saturated rings. The molecule has 1 aliphatic rings. The van der Waals surface area contributed by atoms with Crippen molar-refractivity contribution in [2.45, 2.75) is 19.9 Å². The lowest BCUT2D eigenvalue weighted by atomic mass is 9.98. The third-order valence-electron chi connectivity index (χ3n) is 5.37. The Morgan fingerprint density at radius 1 is 1.07 bits per heavy atom. The first-order valence-electron chi connectivity index (χ1n) is 9.74. The van der Waals surface area contributed by atoms with E-state index in [0.717, 1.165) is 44.5 Å². The number of benzene rings is 2. The molecule has 0 saturated heterocycles. The zero-order valence-corrected chi connectivity index (χ0v) is 17.0. The van der Waals surface area contributed by atoms with Crippen LogP contribution in [0.3, 0.4) is 0 Å². The largest absolute Gasteiger partial charge is 0.339 e. The Balaban J connectivity index is 1.94. The average Bonchev–Trinajstić information content (AvgIpc) is 3.39. The predicted molar refractivity (Wildman–Crippen MR) is 119 cm³/mol. The number of imide groups is 1. The van der Waals surface area contributed by atoms with Crippen molar-refractivity contribution in [3.05, 3.63) is 65.7 Å². The van der Waals surface area contributed by atoms with Crippen molar-refractivity contribution in [3.8, 4) is 16.6 Å². The number of nitriles is 1. The summed E-state index contributed by atoms with van der Waals surface area (Å²) in [5.74, 6) is -1.15. The van der Waals surface area contributed by atoms with E-state index in [1.165, 1.54) is 0 Å². The van der Waals surface area contributed by atoms with Crippen LogP contribution in [0.2, 0.25) is 0 Å². The van der Waals surface area contributed by atoms with Crippen LogP contribution in [-0.2, 0) is 16.1 Å². The molecule has 6 heteroatoms. The highest BCUT2D eigenvalue weighted by molar-refractivity contribution is 7.22. The fourth-order valence-electron chi connectivity index (χ4n) is 4.17. The summed E-state index contributed by atoms with van der Waals surface area (Å²) < 4.78 is 3.35. The second-order valence-corrected chi connectivity index (χ2v) is 8.27. The minimum Gasteiger partial charge on any atom is -0.339 e. The summed E-state index contributed by atoms with van der Waals surface area (Å²) in [5.41, 5.74) is 2.57. The summed E-state index contributed by atoms with van der Waals surface area (Å²) in [6, 6.07) is 20.1. The van der Waals surface area contributed by atoms with Crippen molar-refractivity contribution in [2.75, 3.05) is 0 Å². The normalized spacial score (nSPS) is 14.0. The number of carbonyl (C=O) groups is 2. The van der Waals surface area contributed by atoms with Crippen LogP contribution in [-0.4, -0.2) is 16.4 Å². The van der Waals surface area contributed by atoms with Crippen molar-refractivity contribution >= 4 is 49.7 Å². The molecule has 0 saturated carbocycles. The van der Waals surface area contributed by atoms with Crippen LogP contribution < -0.4 is 5.32 Å². The zero-order chi connectivity index (χ0) is 20.8. The van der Waals surface area contributed by atoms with Crippen LogP contribution in [0.15, 0.2) is 60.2 Å². The van der Waals surface area contributed by atoms with Crippen molar-refractivity contribution in [1.29, 1.82) is 5.26 Å². The van der Waals surface area contributed by atoms with Gasteiger partial charge < -0.3 is 4.57 Å². The Morgan fingerprint density at radius 3 is 2.60 bits per heavy atom. The second-order valence-electron chi connectivity index (χ2n) is 7.19. The van der Waals surface area contributed by atoms with E-state index in [1.54, 1.807) is 11.3 Å². The maximum atomic E-state index is 12.8. The molecule has 3 heterocycles. The Bertz CT molecular complexity index is 1400. The lowest BCUT2D eigenvalue weighted by Gasteiger charge is -2.10. The number of thiophene rings is 1. The highest BCUT2D eigenvalue weighted by Gasteiger charge is 2.36. The van der Waals surface area contributed by atoms with Gasteiger partial charge in [-0.2, -0.15) is 5.26 Å². The molecule has 5 rings (SSSR count). The van der Waals surface area contributed by atoms with Gasteiger partial charge in [0.25, 0.3) is 11.8 Å². The van der Waals surface area contributed by atoms with E-state index in [9.17, 15) is 14.9 Å². The fourth-order valence-corrected chi connectivity index (χ4v) is 5.29. The Morgan fingerprint density at radius 2 is 1.83 bits per heavy atom. The highest BCUT2D eigenvalue weighted by Crippen LogP contribution is 2.44. The number of rotatable bonds is 4. The zero-order valence-electron chi connectivity index (χ0n) is 16.2. The quantitative estimate of drug-likeness (QED) is 0.487. The number of nitrogens with one attached hydrogen (secondary N) is 1. The first-order chi connectivity index (χ1) is 14.6. The van der Waals surface area contributed by atoms with Crippen LogP contribution in [0.5, 0.6) is 0 Å². The number of carbonyl (C=O) groups excluding carboxylic acids is 2. The molecular formula is C24H17N3O2S. The molecule has 1 aliphatic heterocycles. The number of nitrogens with zero attached hydrogens (tertiary/aromatic N) is 2. The topological polar surface area (TPSA) is 74.9 Å². The third-order valence-corrected chi connectivity index (χ3v) is 6.49. The Labute approximate surface area is 176 Å². The first-order valence-corrected chi connectivity index (χ1v) is 10.6. The van der Waals surface area contributed by atoms with E-state index in [2.05, 4.69) is 35.0 Å². The molecule has 0 aliphatic carbocycles. The van der Waals surface area contributed by atoms with Gasteiger partial charge in [0, 0.05) is 27.7 Å². The van der Waals surface area contributed by atoms with Gasteiger partial charge in [-0.15, -0.1) is 11.3 Å². The molecule has 0 unspecified atom stereocenters. The SMILES string of the molecule is CCCn1c(-c2cc3ccccc3s2)c(C2=C(C#N)C(=O)NC2=O)c2ccccc21. The number of fused-ring (bicyclic) bond motifs is 2.